The smallest absolute Gasteiger partial charge is 0.397 e. The van der Waals surface area contributed by atoms with E-state index in [-0.39, 0.29) is 24.4 Å². The van der Waals surface area contributed by atoms with Gasteiger partial charge in [-0.3, -0.25) is 9.05 Å². The van der Waals surface area contributed by atoms with Crippen LogP contribution < -0.4 is 4.52 Å². The minimum absolute atomic E-state index is 0.114. The van der Waals surface area contributed by atoms with Crippen LogP contribution in [-0.2, 0) is 28.2 Å². The zero-order chi connectivity index (χ0) is 41.6. The molecule has 4 fully saturated rings. The number of para-hydroxylation sites is 1. The average Bonchev–Trinajstić information content (AvgIpc) is 3.11. The lowest BCUT2D eigenvalue weighted by molar-refractivity contribution is -0.0335. The molecule has 1 aromatic carbocycles. The minimum Gasteiger partial charge on any atom is -0.426 e. The summed E-state index contributed by atoms with van der Waals surface area (Å²) < 4.78 is 43.2. The van der Waals surface area contributed by atoms with Crippen molar-refractivity contribution in [1.29, 1.82) is 0 Å². The molecule has 0 aromatic heterocycles. The molecular weight excluding hydrogens is 746 g/mol. The molecular formula is C49H86O6P2. The van der Waals surface area contributed by atoms with Crippen LogP contribution in [0.25, 0.3) is 0 Å². The molecule has 13 atom stereocenters. The molecule has 0 saturated heterocycles. The van der Waals surface area contributed by atoms with Crippen LogP contribution in [0.3, 0.4) is 0 Å². The van der Waals surface area contributed by atoms with Gasteiger partial charge in [0.1, 0.15) is 11.4 Å². The summed E-state index contributed by atoms with van der Waals surface area (Å²) in [5.41, 5.74) is 0.221. The first-order valence-electron chi connectivity index (χ1n) is 23.7. The van der Waals surface area contributed by atoms with E-state index < -0.39 is 22.8 Å². The summed E-state index contributed by atoms with van der Waals surface area (Å²) in [5, 5.41) is 0. The lowest BCUT2D eigenvalue weighted by atomic mass is 9.75. The van der Waals surface area contributed by atoms with E-state index in [2.05, 4.69) is 121 Å². The van der Waals surface area contributed by atoms with Crippen molar-refractivity contribution in [3.8, 4) is 5.75 Å². The van der Waals surface area contributed by atoms with Crippen molar-refractivity contribution in [3.05, 3.63) is 29.8 Å². The number of benzene rings is 1. The third-order valence-corrected chi connectivity index (χ3v) is 17.5. The SMILES string of the molecule is CC(C)[C@@H]1CC[C@@H](C)CC1OP(Oc1ccccc1C(C)(C)OP(O[C@@H]1C[C@H](C)CC[C@H]1C(C)C)O[C@@H]1C[C@H](C)CC[C@H]1C(C)C)O[C@@H]1C[C@H](C)CC[C@H]1C(C)C. The van der Waals surface area contributed by atoms with E-state index in [1.165, 1.54) is 51.4 Å². The Labute approximate surface area is 353 Å². The minimum atomic E-state index is -1.68. The quantitative estimate of drug-likeness (QED) is 0.146. The molecule has 4 saturated carbocycles. The molecule has 0 spiro atoms. The fraction of sp³-hybridized carbons (Fsp3) is 0.878. The van der Waals surface area contributed by atoms with Crippen LogP contribution in [-0.4, -0.2) is 24.4 Å². The lowest BCUT2D eigenvalue weighted by Crippen LogP contribution is -2.37. The Morgan fingerprint density at radius 1 is 0.474 bits per heavy atom. The summed E-state index contributed by atoms with van der Waals surface area (Å²) in [7, 11) is -3.35. The number of hydrogen-bond donors (Lipinski definition) is 0. The number of rotatable bonds is 17. The van der Waals surface area contributed by atoms with Crippen molar-refractivity contribution in [1.82, 2.24) is 0 Å². The zero-order valence-electron chi connectivity index (χ0n) is 38.9. The first kappa shape index (κ1) is 47.7. The van der Waals surface area contributed by atoms with E-state index in [4.69, 9.17) is 27.1 Å². The predicted molar refractivity (Wildman–Crippen MR) is 240 cm³/mol. The second-order valence-electron chi connectivity index (χ2n) is 21.5. The maximum absolute atomic E-state index is 7.27. The topological polar surface area (TPSA) is 55.4 Å². The number of hydrogen-bond acceptors (Lipinski definition) is 6. The van der Waals surface area contributed by atoms with Gasteiger partial charge in [-0.25, -0.2) is 0 Å². The molecule has 328 valence electrons. The van der Waals surface area contributed by atoms with Gasteiger partial charge in [0.25, 0.3) is 0 Å². The highest BCUT2D eigenvalue weighted by molar-refractivity contribution is 7.42. The van der Waals surface area contributed by atoms with Gasteiger partial charge >= 0.3 is 17.2 Å². The van der Waals surface area contributed by atoms with Crippen LogP contribution in [0.1, 0.15) is 180 Å². The van der Waals surface area contributed by atoms with E-state index in [0.29, 0.717) is 71.0 Å². The molecule has 2 unspecified atom stereocenters. The summed E-state index contributed by atoms with van der Waals surface area (Å²) in [4.78, 5) is 0. The Morgan fingerprint density at radius 2 is 0.789 bits per heavy atom. The normalized spacial score (nSPS) is 35.1. The van der Waals surface area contributed by atoms with Gasteiger partial charge in [0, 0.05) is 5.56 Å². The molecule has 0 radical (unpaired) electrons. The molecule has 0 aliphatic heterocycles. The largest absolute Gasteiger partial charge is 0.426 e. The maximum Gasteiger partial charge on any atom is 0.397 e. The lowest BCUT2D eigenvalue weighted by Gasteiger charge is -2.42. The molecule has 4 aliphatic carbocycles. The summed E-state index contributed by atoms with van der Waals surface area (Å²) in [5.74, 6) is 7.44. The molecule has 0 bridgehead atoms. The monoisotopic (exact) mass is 833 g/mol. The average molecular weight is 833 g/mol. The molecule has 57 heavy (non-hydrogen) atoms. The standard InChI is InChI=1S/C49H86O6P2/c1-31(2)39-23-19-35(9)27-45(39)51-56(52-46-28-36(10)20-24-40(46)32(3)4)50-44-18-16-15-17-43(44)49(13,14)55-57(53-47-29-37(11)21-25-41(47)33(5)6)54-48-30-38(12)22-26-42(48)34(7)8/h15-18,31-42,45-48H,19-30H2,1-14H3/t35-,36-,37-,38-,39+,40+,41+,42+,45-,46?,47-,48-,56?/m1/s1. The van der Waals surface area contributed by atoms with E-state index in [0.717, 1.165) is 37.0 Å². The fourth-order valence-corrected chi connectivity index (χ4v) is 13.8. The van der Waals surface area contributed by atoms with Crippen molar-refractivity contribution in [2.75, 3.05) is 0 Å². The summed E-state index contributed by atoms with van der Waals surface area (Å²) in [6, 6.07) is 8.43. The van der Waals surface area contributed by atoms with Gasteiger partial charge in [0.05, 0.1) is 24.4 Å². The van der Waals surface area contributed by atoms with Gasteiger partial charge in [-0.15, -0.1) is 0 Å². The van der Waals surface area contributed by atoms with Gasteiger partial charge in [-0.2, -0.15) is 0 Å². The highest BCUT2D eigenvalue weighted by atomic mass is 31.2. The fourth-order valence-electron chi connectivity index (χ4n) is 10.9. The first-order valence-corrected chi connectivity index (χ1v) is 25.8. The van der Waals surface area contributed by atoms with Crippen molar-refractivity contribution in [3.63, 3.8) is 0 Å². The summed E-state index contributed by atoms with van der Waals surface area (Å²) in [6.45, 7) is 32.7. The Bertz CT molecular complexity index is 1270. The Balaban J connectivity index is 1.46. The van der Waals surface area contributed by atoms with Crippen molar-refractivity contribution in [2.45, 2.75) is 204 Å². The molecule has 0 N–H and O–H groups in total. The van der Waals surface area contributed by atoms with E-state index in [1.807, 2.05) is 0 Å². The highest BCUT2D eigenvalue weighted by Crippen LogP contribution is 2.57. The van der Waals surface area contributed by atoms with E-state index in [9.17, 15) is 0 Å². The Morgan fingerprint density at radius 3 is 1.12 bits per heavy atom. The highest BCUT2D eigenvalue weighted by Gasteiger charge is 2.43. The van der Waals surface area contributed by atoms with Crippen LogP contribution in [0.4, 0.5) is 0 Å². The third kappa shape index (κ3) is 13.3. The van der Waals surface area contributed by atoms with Crippen LogP contribution in [0.2, 0.25) is 0 Å². The Kier molecular flexibility index (Phi) is 18.1. The van der Waals surface area contributed by atoms with Crippen LogP contribution in [0, 0.1) is 71.0 Å². The van der Waals surface area contributed by atoms with Gasteiger partial charge < -0.3 is 18.1 Å². The van der Waals surface area contributed by atoms with Crippen molar-refractivity contribution >= 4 is 17.2 Å². The van der Waals surface area contributed by atoms with E-state index in [1.54, 1.807) is 0 Å². The summed E-state index contributed by atoms with van der Waals surface area (Å²) in [6.07, 6.45) is 14.5. The van der Waals surface area contributed by atoms with E-state index >= 15 is 0 Å². The van der Waals surface area contributed by atoms with Crippen molar-refractivity contribution in [2.24, 2.45) is 71.0 Å². The first-order chi connectivity index (χ1) is 26.9. The van der Waals surface area contributed by atoms with Gasteiger partial charge in [0.2, 0.25) is 0 Å². The van der Waals surface area contributed by atoms with Crippen LogP contribution in [0.5, 0.6) is 5.75 Å². The van der Waals surface area contributed by atoms with Crippen molar-refractivity contribution < 1.29 is 27.1 Å². The summed E-state index contributed by atoms with van der Waals surface area (Å²) >= 11 is 0. The predicted octanol–water partition coefficient (Wildman–Crippen LogP) is 15.7. The zero-order valence-corrected chi connectivity index (χ0v) is 40.7. The second kappa shape index (κ2) is 21.7. The third-order valence-electron chi connectivity index (χ3n) is 14.7. The molecule has 8 heteroatoms. The van der Waals surface area contributed by atoms with Crippen LogP contribution in [0.15, 0.2) is 24.3 Å². The molecule has 1 aromatic rings. The van der Waals surface area contributed by atoms with Crippen LogP contribution >= 0.6 is 17.2 Å². The molecule has 0 amide bonds. The molecule has 5 rings (SSSR count). The second-order valence-corrected chi connectivity index (χ2v) is 23.6. The maximum atomic E-state index is 7.27. The van der Waals surface area contributed by atoms with Gasteiger partial charge in [0.15, 0.2) is 0 Å². The molecule has 4 aliphatic rings. The Hall–Kier alpha value is -0.320. The molecule has 0 heterocycles. The van der Waals surface area contributed by atoms with Gasteiger partial charge in [-0.05, 0) is 142 Å². The molecule has 6 nitrogen and oxygen atoms in total. The van der Waals surface area contributed by atoms with Gasteiger partial charge in [-0.1, -0.05) is 127 Å².